The molecule has 0 atom stereocenters. The van der Waals surface area contributed by atoms with Crippen LogP contribution in [-0.2, 0) is 9.53 Å². The fourth-order valence-electron chi connectivity index (χ4n) is 2.25. The summed E-state index contributed by atoms with van der Waals surface area (Å²) in [6, 6.07) is 9.54. The summed E-state index contributed by atoms with van der Waals surface area (Å²) in [6.07, 6.45) is 0. The quantitative estimate of drug-likeness (QED) is 0.836. The maximum atomic E-state index is 13.1. The van der Waals surface area contributed by atoms with E-state index < -0.39 is 0 Å². The van der Waals surface area contributed by atoms with Gasteiger partial charge in [-0.1, -0.05) is 17.8 Å². The first-order chi connectivity index (χ1) is 11.7. The standard InChI is InChI=1S/C16H17FN4O2S/c17-12-2-1-3-13(10-12)18-15(22)11-24-16-5-4-14(19-20-16)21-6-8-23-9-7-21/h1-5,10H,6-9,11H2,(H,18,22). The fraction of sp³-hybridized carbons (Fsp3) is 0.312. The Balaban J connectivity index is 1.50. The Morgan fingerprint density at radius 2 is 2.08 bits per heavy atom. The lowest BCUT2D eigenvalue weighted by Crippen LogP contribution is -2.36. The van der Waals surface area contributed by atoms with Crippen LogP contribution in [0.4, 0.5) is 15.9 Å². The molecule has 0 saturated carbocycles. The SMILES string of the molecule is O=C(CSc1ccc(N2CCOCC2)nn1)Nc1cccc(F)c1. The van der Waals surface area contributed by atoms with Gasteiger partial charge in [-0.05, 0) is 30.3 Å². The summed E-state index contributed by atoms with van der Waals surface area (Å²) in [7, 11) is 0. The largest absolute Gasteiger partial charge is 0.378 e. The average molecular weight is 348 g/mol. The van der Waals surface area contributed by atoms with Gasteiger partial charge in [0.05, 0.1) is 19.0 Å². The molecule has 1 aliphatic rings. The molecule has 1 N–H and O–H groups in total. The van der Waals surface area contributed by atoms with Gasteiger partial charge in [-0.2, -0.15) is 0 Å². The first-order valence-electron chi connectivity index (χ1n) is 7.55. The molecule has 2 aromatic rings. The Kier molecular flexibility index (Phi) is 5.60. The predicted octanol–water partition coefficient (Wildman–Crippen LogP) is 2.18. The minimum absolute atomic E-state index is 0.183. The Hall–Kier alpha value is -2.19. The van der Waals surface area contributed by atoms with Gasteiger partial charge < -0.3 is 15.0 Å². The van der Waals surface area contributed by atoms with E-state index >= 15 is 0 Å². The molecule has 0 radical (unpaired) electrons. The number of amides is 1. The van der Waals surface area contributed by atoms with Crippen molar-refractivity contribution in [2.45, 2.75) is 5.03 Å². The summed E-state index contributed by atoms with van der Waals surface area (Å²) in [4.78, 5) is 14.0. The van der Waals surface area contributed by atoms with Crippen LogP contribution >= 0.6 is 11.8 Å². The van der Waals surface area contributed by atoms with E-state index in [0.29, 0.717) is 23.9 Å². The van der Waals surface area contributed by atoms with E-state index in [-0.39, 0.29) is 17.5 Å². The molecule has 126 valence electrons. The Morgan fingerprint density at radius 1 is 1.25 bits per heavy atom. The molecule has 24 heavy (non-hydrogen) atoms. The van der Waals surface area contributed by atoms with Gasteiger partial charge in [-0.15, -0.1) is 10.2 Å². The van der Waals surface area contributed by atoms with Gasteiger partial charge in [-0.25, -0.2) is 4.39 Å². The molecule has 1 saturated heterocycles. The second kappa shape index (κ2) is 8.07. The lowest BCUT2D eigenvalue weighted by atomic mass is 10.3. The van der Waals surface area contributed by atoms with E-state index in [0.717, 1.165) is 18.9 Å². The number of aromatic nitrogens is 2. The number of nitrogens with one attached hydrogen (secondary N) is 1. The molecule has 1 aliphatic heterocycles. The first-order valence-corrected chi connectivity index (χ1v) is 8.54. The highest BCUT2D eigenvalue weighted by Crippen LogP contribution is 2.18. The molecular formula is C16H17FN4O2S. The lowest BCUT2D eigenvalue weighted by molar-refractivity contribution is -0.113. The lowest BCUT2D eigenvalue weighted by Gasteiger charge is -2.27. The summed E-state index contributed by atoms with van der Waals surface area (Å²) in [5, 5.41) is 11.6. The van der Waals surface area contributed by atoms with Gasteiger partial charge in [-0.3, -0.25) is 4.79 Å². The highest BCUT2D eigenvalue weighted by molar-refractivity contribution is 7.99. The van der Waals surface area contributed by atoms with Crippen molar-refractivity contribution < 1.29 is 13.9 Å². The Bertz CT molecular complexity index is 693. The number of rotatable bonds is 5. The summed E-state index contributed by atoms with van der Waals surface area (Å²) in [5.41, 5.74) is 0.439. The van der Waals surface area contributed by atoms with Crippen molar-refractivity contribution in [3.63, 3.8) is 0 Å². The third-order valence-electron chi connectivity index (χ3n) is 3.42. The molecule has 1 aromatic heterocycles. The van der Waals surface area contributed by atoms with Crippen LogP contribution in [0.3, 0.4) is 0 Å². The van der Waals surface area contributed by atoms with Gasteiger partial charge >= 0.3 is 0 Å². The number of benzene rings is 1. The van der Waals surface area contributed by atoms with Crippen molar-refractivity contribution >= 4 is 29.2 Å². The van der Waals surface area contributed by atoms with E-state index in [1.54, 1.807) is 12.1 Å². The van der Waals surface area contributed by atoms with E-state index in [1.165, 1.54) is 23.9 Å². The zero-order chi connectivity index (χ0) is 16.8. The molecule has 1 aromatic carbocycles. The van der Waals surface area contributed by atoms with Crippen LogP contribution < -0.4 is 10.2 Å². The Morgan fingerprint density at radius 3 is 2.79 bits per heavy atom. The van der Waals surface area contributed by atoms with Crippen molar-refractivity contribution in [1.29, 1.82) is 0 Å². The van der Waals surface area contributed by atoms with Crippen LogP contribution in [0, 0.1) is 5.82 Å². The van der Waals surface area contributed by atoms with Crippen molar-refractivity contribution in [1.82, 2.24) is 10.2 Å². The van der Waals surface area contributed by atoms with Crippen LogP contribution in [0.2, 0.25) is 0 Å². The molecule has 2 heterocycles. The summed E-state index contributed by atoms with van der Waals surface area (Å²) in [6.45, 7) is 2.99. The monoisotopic (exact) mass is 348 g/mol. The predicted molar refractivity (Wildman–Crippen MR) is 90.8 cm³/mol. The van der Waals surface area contributed by atoms with E-state index in [2.05, 4.69) is 20.4 Å². The molecule has 1 amide bonds. The second-order valence-electron chi connectivity index (χ2n) is 5.18. The molecule has 3 rings (SSSR count). The third kappa shape index (κ3) is 4.65. The number of thioether (sulfide) groups is 1. The van der Waals surface area contributed by atoms with Gasteiger partial charge in [0.25, 0.3) is 0 Å². The molecule has 0 spiro atoms. The third-order valence-corrected chi connectivity index (χ3v) is 4.34. The molecule has 0 bridgehead atoms. The molecule has 0 aliphatic carbocycles. The van der Waals surface area contributed by atoms with Crippen LogP contribution in [0.25, 0.3) is 0 Å². The second-order valence-corrected chi connectivity index (χ2v) is 6.17. The van der Waals surface area contributed by atoms with Crippen molar-refractivity contribution in [2.24, 2.45) is 0 Å². The molecule has 1 fully saturated rings. The Labute approximate surface area is 143 Å². The number of ether oxygens (including phenoxy) is 1. The topological polar surface area (TPSA) is 67.4 Å². The summed E-state index contributed by atoms with van der Waals surface area (Å²) >= 11 is 1.28. The number of carbonyl (C=O) groups is 1. The number of halogens is 1. The maximum Gasteiger partial charge on any atom is 0.234 e. The molecule has 8 heteroatoms. The number of hydrogen-bond acceptors (Lipinski definition) is 6. The zero-order valence-corrected chi connectivity index (χ0v) is 13.8. The molecular weight excluding hydrogens is 331 g/mol. The number of anilines is 2. The van der Waals surface area contributed by atoms with Crippen molar-refractivity contribution in [2.75, 3.05) is 42.3 Å². The highest BCUT2D eigenvalue weighted by Gasteiger charge is 2.13. The van der Waals surface area contributed by atoms with Crippen LogP contribution in [0.1, 0.15) is 0 Å². The van der Waals surface area contributed by atoms with E-state index in [1.807, 2.05) is 12.1 Å². The highest BCUT2D eigenvalue weighted by atomic mass is 32.2. The summed E-state index contributed by atoms with van der Waals surface area (Å²) < 4.78 is 18.4. The van der Waals surface area contributed by atoms with Gasteiger partial charge in [0.15, 0.2) is 5.82 Å². The number of hydrogen-bond donors (Lipinski definition) is 1. The number of nitrogens with zero attached hydrogens (tertiary/aromatic N) is 3. The van der Waals surface area contributed by atoms with Gasteiger partial charge in [0, 0.05) is 18.8 Å². The normalized spacial score (nSPS) is 14.5. The van der Waals surface area contributed by atoms with Crippen LogP contribution in [-0.4, -0.2) is 48.2 Å². The molecule has 6 nitrogen and oxygen atoms in total. The fourth-order valence-corrected chi connectivity index (χ4v) is 2.87. The smallest absolute Gasteiger partial charge is 0.234 e. The van der Waals surface area contributed by atoms with Gasteiger partial charge in [0.2, 0.25) is 5.91 Å². The molecule has 0 unspecified atom stereocenters. The van der Waals surface area contributed by atoms with Gasteiger partial charge in [0.1, 0.15) is 10.8 Å². The van der Waals surface area contributed by atoms with Crippen LogP contribution in [0.15, 0.2) is 41.4 Å². The van der Waals surface area contributed by atoms with Crippen LogP contribution in [0.5, 0.6) is 0 Å². The van der Waals surface area contributed by atoms with Crippen molar-refractivity contribution in [3.8, 4) is 0 Å². The zero-order valence-electron chi connectivity index (χ0n) is 12.9. The summed E-state index contributed by atoms with van der Waals surface area (Å²) in [5.74, 6) is 0.392. The van der Waals surface area contributed by atoms with E-state index in [9.17, 15) is 9.18 Å². The number of morpholine rings is 1. The number of carbonyl (C=O) groups excluding carboxylic acids is 1. The average Bonchev–Trinajstić information content (AvgIpc) is 2.61. The first kappa shape index (κ1) is 16.7. The van der Waals surface area contributed by atoms with E-state index in [4.69, 9.17) is 4.74 Å². The minimum atomic E-state index is -0.384. The maximum absolute atomic E-state index is 13.1. The van der Waals surface area contributed by atoms with Crippen molar-refractivity contribution in [3.05, 3.63) is 42.2 Å². The minimum Gasteiger partial charge on any atom is -0.378 e.